The number of benzene rings is 2. The van der Waals surface area contributed by atoms with E-state index in [-0.39, 0.29) is 24.1 Å². The summed E-state index contributed by atoms with van der Waals surface area (Å²) in [6.07, 6.45) is -7.75. The molecule has 0 aromatic heterocycles. The molecule has 0 spiro atoms. The molecule has 29 heavy (non-hydrogen) atoms. The molecule has 0 atom stereocenters. The average molecular weight is 430 g/mol. The first-order valence-electron chi connectivity index (χ1n) is 8.48. The number of halogens is 9. The van der Waals surface area contributed by atoms with Crippen LogP contribution < -0.4 is 4.74 Å². The van der Waals surface area contributed by atoms with Crippen molar-refractivity contribution in [1.29, 1.82) is 0 Å². The number of rotatable bonds is 7. The predicted molar refractivity (Wildman–Crippen MR) is 85.5 cm³/mol. The molecule has 10 heteroatoms. The zero-order chi connectivity index (χ0) is 22.0. The Balaban J connectivity index is 2.34. The topological polar surface area (TPSA) is 9.23 Å². The average Bonchev–Trinajstić information content (AvgIpc) is 2.51. The van der Waals surface area contributed by atoms with E-state index in [0.717, 1.165) is 12.8 Å². The Bertz CT molecular complexity index is 828. The SMILES string of the molecule is CCCCCc1cc(F)c(C(F)(F)Oc2cc(F)c(C(F)(F)F)c(F)c2)c(F)c1. The van der Waals surface area contributed by atoms with Crippen LogP contribution in [0.5, 0.6) is 5.75 Å². The van der Waals surface area contributed by atoms with Gasteiger partial charge in [0.2, 0.25) is 0 Å². The van der Waals surface area contributed by atoms with Crippen LogP contribution in [-0.4, -0.2) is 0 Å². The quantitative estimate of drug-likeness (QED) is 0.336. The summed E-state index contributed by atoms with van der Waals surface area (Å²) >= 11 is 0. The molecule has 0 saturated heterocycles. The van der Waals surface area contributed by atoms with Gasteiger partial charge in [0.25, 0.3) is 0 Å². The van der Waals surface area contributed by atoms with Crippen LogP contribution in [0.3, 0.4) is 0 Å². The minimum absolute atomic E-state index is 0.125. The number of aryl methyl sites for hydroxylation is 1. The van der Waals surface area contributed by atoms with E-state index in [1.807, 2.05) is 6.92 Å². The van der Waals surface area contributed by atoms with E-state index < -0.39 is 52.4 Å². The maximum absolute atomic E-state index is 14.2. The van der Waals surface area contributed by atoms with Crippen molar-refractivity contribution in [3.8, 4) is 5.75 Å². The van der Waals surface area contributed by atoms with Crippen molar-refractivity contribution in [2.24, 2.45) is 0 Å². The van der Waals surface area contributed by atoms with Crippen LogP contribution in [0.25, 0.3) is 0 Å². The summed E-state index contributed by atoms with van der Waals surface area (Å²) in [5.74, 6) is -9.11. The van der Waals surface area contributed by atoms with Gasteiger partial charge in [-0.3, -0.25) is 0 Å². The van der Waals surface area contributed by atoms with Gasteiger partial charge in [-0.25, -0.2) is 17.6 Å². The van der Waals surface area contributed by atoms with Crippen molar-refractivity contribution >= 4 is 0 Å². The summed E-state index contributed by atoms with van der Waals surface area (Å²) in [6.45, 7) is 1.90. The molecule has 0 aliphatic heterocycles. The Labute approximate surface area is 160 Å². The van der Waals surface area contributed by atoms with Crippen LogP contribution in [0.4, 0.5) is 39.5 Å². The first-order valence-corrected chi connectivity index (χ1v) is 8.48. The van der Waals surface area contributed by atoms with Crippen LogP contribution in [-0.2, 0) is 18.7 Å². The molecule has 0 bridgehead atoms. The van der Waals surface area contributed by atoms with Crippen LogP contribution in [0.1, 0.15) is 42.9 Å². The molecule has 0 aliphatic rings. The van der Waals surface area contributed by atoms with Crippen LogP contribution >= 0.6 is 0 Å². The molecule has 2 aromatic carbocycles. The molecule has 0 radical (unpaired) electrons. The third-order valence-electron chi connectivity index (χ3n) is 4.01. The summed E-state index contributed by atoms with van der Waals surface area (Å²) in [5.41, 5.74) is -4.00. The highest BCUT2D eigenvalue weighted by molar-refractivity contribution is 5.34. The van der Waals surface area contributed by atoms with E-state index in [9.17, 15) is 39.5 Å². The smallest absolute Gasteiger partial charge is 0.429 e. The zero-order valence-corrected chi connectivity index (χ0v) is 14.9. The van der Waals surface area contributed by atoms with Gasteiger partial charge in [0, 0.05) is 12.1 Å². The first kappa shape index (κ1) is 22.9. The lowest BCUT2D eigenvalue weighted by atomic mass is 10.0. The first-order chi connectivity index (χ1) is 13.4. The fourth-order valence-electron chi connectivity index (χ4n) is 2.71. The van der Waals surface area contributed by atoms with E-state index in [0.29, 0.717) is 18.6 Å². The van der Waals surface area contributed by atoms with Crippen LogP contribution in [0.2, 0.25) is 0 Å². The van der Waals surface area contributed by atoms with E-state index in [2.05, 4.69) is 4.74 Å². The highest BCUT2D eigenvalue weighted by atomic mass is 19.4. The molecular formula is C19H15F9O. The Morgan fingerprint density at radius 1 is 0.724 bits per heavy atom. The molecule has 0 N–H and O–H groups in total. The molecule has 0 amide bonds. The number of ether oxygens (including phenoxy) is 1. The van der Waals surface area contributed by atoms with Gasteiger partial charge >= 0.3 is 12.3 Å². The third-order valence-corrected chi connectivity index (χ3v) is 4.01. The molecule has 0 aliphatic carbocycles. The molecule has 160 valence electrons. The monoisotopic (exact) mass is 430 g/mol. The Kier molecular flexibility index (Phi) is 6.74. The second-order valence-corrected chi connectivity index (χ2v) is 6.27. The van der Waals surface area contributed by atoms with Crippen molar-refractivity contribution in [3.63, 3.8) is 0 Å². The molecular weight excluding hydrogens is 415 g/mol. The molecule has 0 unspecified atom stereocenters. The van der Waals surface area contributed by atoms with Crippen molar-refractivity contribution in [3.05, 3.63) is 64.2 Å². The van der Waals surface area contributed by atoms with E-state index in [4.69, 9.17) is 0 Å². The van der Waals surface area contributed by atoms with Gasteiger partial charge < -0.3 is 4.74 Å². The summed E-state index contributed by atoms with van der Waals surface area (Å²) in [7, 11) is 0. The lowest BCUT2D eigenvalue weighted by Crippen LogP contribution is -2.26. The highest BCUT2D eigenvalue weighted by Gasteiger charge is 2.43. The number of hydrogen-bond acceptors (Lipinski definition) is 1. The van der Waals surface area contributed by atoms with Gasteiger partial charge in [-0.15, -0.1) is 0 Å². The minimum Gasteiger partial charge on any atom is -0.429 e. The standard InChI is InChI=1S/C19H15F9O/c1-2-3-4-5-10-6-12(20)17(13(21)7-10)19(27,28)29-11-8-14(22)16(15(23)9-11)18(24,25)26/h6-9H,2-5H2,1H3. The molecule has 0 fully saturated rings. The fraction of sp³-hybridized carbons (Fsp3) is 0.368. The van der Waals surface area contributed by atoms with Crippen molar-refractivity contribution in [2.75, 3.05) is 0 Å². The number of hydrogen-bond donors (Lipinski definition) is 0. The molecule has 0 saturated carbocycles. The second kappa shape index (κ2) is 8.54. The van der Waals surface area contributed by atoms with E-state index >= 15 is 0 Å². The largest absolute Gasteiger partial charge is 0.432 e. The van der Waals surface area contributed by atoms with E-state index in [1.54, 1.807) is 0 Å². The molecule has 1 nitrogen and oxygen atoms in total. The van der Waals surface area contributed by atoms with Gasteiger partial charge in [0.05, 0.1) is 0 Å². The number of alkyl halides is 5. The molecule has 2 rings (SSSR count). The van der Waals surface area contributed by atoms with Crippen molar-refractivity contribution in [2.45, 2.75) is 44.9 Å². The van der Waals surface area contributed by atoms with Crippen LogP contribution in [0, 0.1) is 23.3 Å². The third kappa shape index (κ3) is 5.36. The maximum Gasteiger partial charge on any atom is 0.432 e. The fourth-order valence-corrected chi connectivity index (χ4v) is 2.71. The normalized spacial score (nSPS) is 12.3. The predicted octanol–water partition coefficient (Wildman–Crippen LogP) is 7.12. The second-order valence-electron chi connectivity index (χ2n) is 6.27. The number of unbranched alkanes of at least 4 members (excludes halogenated alkanes) is 2. The van der Waals surface area contributed by atoms with Gasteiger partial charge in [0.1, 0.15) is 40.1 Å². The van der Waals surface area contributed by atoms with E-state index in [1.165, 1.54) is 0 Å². The Hall–Kier alpha value is -2.39. The van der Waals surface area contributed by atoms with Crippen molar-refractivity contribution < 1.29 is 44.3 Å². The van der Waals surface area contributed by atoms with Crippen LogP contribution in [0.15, 0.2) is 24.3 Å². The van der Waals surface area contributed by atoms with Gasteiger partial charge in [-0.2, -0.15) is 22.0 Å². The van der Waals surface area contributed by atoms with Gasteiger partial charge in [-0.1, -0.05) is 19.8 Å². The summed E-state index contributed by atoms with van der Waals surface area (Å²) in [5, 5.41) is 0. The Morgan fingerprint density at radius 2 is 1.21 bits per heavy atom. The summed E-state index contributed by atoms with van der Waals surface area (Å²) in [6, 6.07) is 1.07. The highest BCUT2D eigenvalue weighted by Crippen LogP contribution is 2.39. The maximum atomic E-state index is 14.2. The summed E-state index contributed by atoms with van der Waals surface area (Å²) in [4.78, 5) is 0. The lowest BCUT2D eigenvalue weighted by molar-refractivity contribution is -0.189. The summed E-state index contributed by atoms with van der Waals surface area (Å²) < 4.78 is 125. The molecule has 2 aromatic rings. The molecule has 0 heterocycles. The Morgan fingerprint density at radius 3 is 1.66 bits per heavy atom. The zero-order valence-electron chi connectivity index (χ0n) is 14.9. The van der Waals surface area contributed by atoms with Gasteiger partial charge in [-0.05, 0) is 30.5 Å². The lowest BCUT2D eigenvalue weighted by Gasteiger charge is -2.20. The minimum atomic E-state index is -5.42. The van der Waals surface area contributed by atoms with Gasteiger partial charge in [0.15, 0.2) is 0 Å². The van der Waals surface area contributed by atoms with Crippen molar-refractivity contribution in [1.82, 2.24) is 0 Å².